The van der Waals surface area contributed by atoms with Gasteiger partial charge in [-0.05, 0) is 31.9 Å². The number of amides is 1. The maximum absolute atomic E-state index is 12.2. The molecule has 2 N–H and O–H groups in total. The molecule has 1 aliphatic carbocycles. The Balaban J connectivity index is 1.61. The predicted octanol–water partition coefficient (Wildman–Crippen LogP) is 2.43. The van der Waals surface area contributed by atoms with Crippen LogP contribution in [0.15, 0.2) is 25.0 Å². The third-order valence-electron chi connectivity index (χ3n) is 5.85. The van der Waals surface area contributed by atoms with Crippen molar-refractivity contribution in [1.29, 1.82) is 5.26 Å². The van der Waals surface area contributed by atoms with Gasteiger partial charge in [0.05, 0.1) is 29.2 Å². The van der Waals surface area contributed by atoms with Crippen LogP contribution in [0.3, 0.4) is 0 Å². The van der Waals surface area contributed by atoms with Gasteiger partial charge in [-0.15, -0.1) is 0 Å². The molecule has 1 amide bonds. The molecule has 3 heterocycles. The number of piperazine rings is 1. The minimum Gasteiger partial charge on any atom is -0.396 e. The Hall–Kier alpha value is -3.51. The number of aliphatic hydroxyl groups excluding tert-OH is 1. The molecule has 32 heavy (non-hydrogen) atoms. The number of carbonyl (C=O) groups is 1. The number of nitrogens with zero attached hydrogens (tertiary/aromatic N) is 6. The summed E-state index contributed by atoms with van der Waals surface area (Å²) in [6.07, 6.45) is 5.39. The van der Waals surface area contributed by atoms with Crippen molar-refractivity contribution < 1.29 is 9.90 Å². The average molecular weight is 434 g/mol. The zero-order valence-electron chi connectivity index (χ0n) is 18.2. The Morgan fingerprint density at radius 2 is 2.19 bits per heavy atom. The van der Waals surface area contributed by atoms with Crippen LogP contribution in [0, 0.1) is 11.3 Å². The molecule has 2 aliphatic rings. The Bertz CT molecular complexity index is 1060. The van der Waals surface area contributed by atoms with Crippen LogP contribution in [0.2, 0.25) is 0 Å². The molecule has 9 heteroatoms. The molecule has 0 aromatic carbocycles. The van der Waals surface area contributed by atoms with Crippen LogP contribution < -0.4 is 10.2 Å². The lowest BCUT2D eigenvalue weighted by Gasteiger charge is -2.40. The maximum Gasteiger partial charge on any atom is 0.225 e. The zero-order chi connectivity index (χ0) is 22.7. The molecule has 0 spiro atoms. The molecule has 9 nitrogen and oxygen atoms in total. The van der Waals surface area contributed by atoms with E-state index in [9.17, 15) is 10.1 Å². The Kier molecular flexibility index (Phi) is 6.32. The Morgan fingerprint density at radius 3 is 2.84 bits per heavy atom. The molecule has 1 saturated heterocycles. The fourth-order valence-corrected chi connectivity index (χ4v) is 4.06. The number of nitriles is 1. The van der Waals surface area contributed by atoms with E-state index in [0.717, 1.165) is 24.2 Å². The molecule has 2 aromatic heterocycles. The number of rotatable bonds is 7. The molecule has 1 atom stereocenters. The van der Waals surface area contributed by atoms with Gasteiger partial charge in [0.15, 0.2) is 0 Å². The number of anilines is 3. The first-order valence-corrected chi connectivity index (χ1v) is 10.9. The van der Waals surface area contributed by atoms with Crippen molar-refractivity contribution in [3.63, 3.8) is 0 Å². The van der Waals surface area contributed by atoms with E-state index in [1.54, 1.807) is 17.0 Å². The van der Waals surface area contributed by atoms with E-state index in [0.29, 0.717) is 48.4 Å². The topological polar surface area (TPSA) is 118 Å². The standard InChI is InChI=1S/C23H27N7O2/c1-3-18-11-20(26-14-25-18)27-19-10-17(12-24)23(28-22(19)16-4-5-16)29-7-8-30(15(2)13-29)21(32)6-9-31/h3,10-11,14-16,31H,1,4-9,13H2,2H3,(H,25,26,27)/t15-/m1/s1. The molecule has 2 fully saturated rings. The van der Waals surface area contributed by atoms with Crippen LogP contribution in [-0.2, 0) is 4.79 Å². The third-order valence-corrected chi connectivity index (χ3v) is 5.85. The maximum atomic E-state index is 12.2. The normalized spacial score (nSPS) is 18.2. The van der Waals surface area contributed by atoms with Crippen LogP contribution in [-0.4, -0.2) is 63.1 Å². The van der Waals surface area contributed by atoms with Gasteiger partial charge in [-0.3, -0.25) is 4.79 Å². The summed E-state index contributed by atoms with van der Waals surface area (Å²) in [6.45, 7) is 7.30. The number of nitrogens with one attached hydrogen (secondary N) is 1. The minimum atomic E-state index is -0.147. The molecule has 0 radical (unpaired) electrons. The number of aliphatic hydroxyl groups is 1. The van der Waals surface area contributed by atoms with Gasteiger partial charge < -0.3 is 20.2 Å². The van der Waals surface area contributed by atoms with Crippen LogP contribution in [0.25, 0.3) is 6.08 Å². The van der Waals surface area contributed by atoms with Crippen LogP contribution in [0.1, 0.15) is 49.1 Å². The van der Waals surface area contributed by atoms with Gasteiger partial charge in [-0.1, -0.05) is 6.58 Å². The monoisotopic (exact) mass is 433 g/mol. The van der Waals surface area contributed by atoms with Crippen molar-refractivity contribution in [2.45, 2.75) is 38.1 Å². The highest BCUT2D eigenvalue weighted by atomic mass is 16.3. The largest absolute Gasteiger partial charge is 0.396 e. The highest BCUT2D eigenvalue weighted by Crippen LogP contribution is 2.44. The Morgan fingerprint density at radius 1 is 1.38 bits per heavy atom. The van der Waals surface area contributed by atoms with E-state index in [4.69, 9.17) is 10.1 Å². The van der Waals surface area contributed by atoms with E-state index < -0.39 is 0 Å². The fourth-order valence-electron chi connectivity index (χ4n) is 4.06. The lowest BCUT2D eigenvalue weighted by Crippen LogP contribution is -2.54. The van der Waals surface area contributed by atoms with Gasteiger partial charge in [-0.25, -0.2) is 15.0 Å². The smallest absolute Gasteiger partial charge is 0.225 e. The van der Waals surface area contributed by atoms with Crippen molar-refractivity contribution in [2.75, 3.05) is 36.5 Å². The summed E-state index contributed by atoms with van der Waals surface area (Å²) in [5, 5.41) is 22.3. The fraction of sp³-hybridized carbons (Fsp3) is 0.435. The summed E-state index contributed by atoms with van der Waals surface area (Å²) in [4.78, 5) is 29.5. The summed E-state index contributed by atoms with van der Waals surface area (Å²) >= 11 is 0. The van der Waals surface area contributed by atoms with Gasteiger partial charge >= 0.3 is 0 Å². The van der Waals surface area contributed by atoms with E-state index in [1.165, 1.54) is 6.33 Å². The van der Waals surface area contributed by atoms with Crippen molar-refractivity contribution in [3.8, 4) is 6.07 Å². The van der Waals surface area contributed by atoms with E-state index >= 15 is 0 Å². The number of aromatic nitrogens is 3. The lowest BCUT2D eigenvalue weighted by atomic mass is 10.1. The first kappa shape index (κ1) is 21.7. The first-order valence-electron chi connectivity index (χ1n) is 10.9. The predicted molar refractivity (Wildman–Crippen MR) is 121 cm³/mol. The quantitative estimate of drug-likeness (QED) is 0.683. The Labute approximate surface area is 187 Å². The molecule has 1 aliphatic heterocycles. The van der Waals surface area contributed by atoms with Crippen LogP contribution in [0.5, 0.6) is 0 Å². The van der Waals surface area contributed by atoms with Crippen molar-refractivity contribution in [3.05, 3.63) is 42.0 Å². The first-order chi connectivity index (χ1) is 15.5. The second kappa shape index (κ2) is 9.32. The molecule has 4 rings (SSSR count). The van der Waals surface area contributed by atoms with E-state index in [-0.39, 0.29) is 25.0 Å². The number of hydrogen-bond acceptors (Lipinski definition) is 8. The average Bonchev–Trinajstić information content (AvgIpc) is 3.64. The number of pyridine rings is 1. The van der Waals surface area contributed by atoms with Crippen molar-refractivity contribution in [2.24, 2.45) is 0 Å². The number of hydrogen-bond donors (Lipinski definition) is 2. The number of carbonyl (C=O) groups excluding carboxylic acids is 1. The van der Waals surface area contributed by atoms with Gasteiger partial charge in [0.2, 0.25) is 5.91 Å². The summed E-state index contributed by atoms with van der Waals surface area (Å²) in [7, 11) is 0. The van der Waals surface area contributed by atoms with Crippen molar-refractivity contribution >= 4 is 29.3 Å². The lowest BCUT2D eigenvalue weighted by molar-refractivity contribution is -0.134. The van der Waals surface area contributed by atoms with Gasteiger partial charge in [0, 0.05) is 44.1 Å². The van der Waals surface area contributed by atoms with Gasteiger partial charge in [0.1, 0.15) is 24.0 Å². The summed E-state index contributed by atoms with van der Waals surface area (Å²) in [6, 6.07) is 5.91. The summed E-state index contributed by atoms with van der Waals surface area (Å²) < 4.78 is 0. The minimum absolute atomic E-state index is 0.0309. The highest BCUT2D eigenvalue weighted by Gasteiger charge is 2.33. The SMILES string of the molecule is C=Cc1cc(Nc2cc(C#N)c(N3CCN(C(=O)CCO)[C@H](C)C3)nc2C2CC2)ncn1. The van der Waals surface area contributed by atoms with Crippen LogP contribution in [0.4, 0.5) is 17.3 Å². The molecular formula is C23H27N7O2. The summed E-state index contributed by atoms with van der Waals surface area (Å²) in [5.74, 6) is 1.60. The second-order valence-electron chi connectivity index (χ2n) is 8.19. The molecule has 1 saturated carbocycles. The molecule has 2 aromatic rings. The molecular weight excluding hydrogens is 406 g/mol. The van der Waals surface area contributed by atoms with Gasteiger partial charge in [0.25, 0.3) is 0 Å². The van der Waals surface area contributed by atoms with E-state index in [2.05, 4.69) is 32.8 Å². The van der Waals surface area contributed by atoms with Gasteiger partial charge in [-0.2, -0.15) is 5.26 Å². The van der Waals surface area contributed by atoms with Crippen LogP contribution >= 0.6 is 0 Å². The molecule has 0 unspecified atom stereocenters. The molecule has 0 bridgehead atoms. The molecule has 166 valence electrons. The van der Waals surface area contributed by atoms with Crippen molar-refractivity contribution in [1.82, 2.24) is 19.9 Å². The summed E-state index contributed by atoms with van der Waals surface area (Å²) in [5.41, 5.74) is 2.91. The zero-order valence-corrected chi connectivity index (χ0v) is 18.2. The van der Waals surface area contributed by atoms with E-state index in [1.807, 2.05) is 13.0 Å². The highest BCUT2D eigenvalue weighted by molar-refractivity contribution is 5.77. The third kappa shape index (κ3) is 4.55. The second-order valence-corrected chi connectivity index (χ2v) is 8.19.